The van der Waals surface area contributed by atoms with Crippen molar-refractivity contribution in [2.75, 3.05) is 14.2 Å². The van der Waals surface area contributed by atoms with Crippen molar-refractivity contribution in [1.29, 1.82) is 0 Å². The van der Waals surface area contributed by atoms with Crippen LogP contribution in [0.4, 0.5) is 0 Å². The van der Waals surface area contributed by atoms with Gasteiger partial charge in [0.15, 0.2) is 0 Å². The van der Waals surface area contributed by atoms with E-state index < -0.39 is 0 Å². The number of rotatable bonds is 7. The van der Waals surface area contributed by atoms with Crippen molar-refractivity contribution >= 4 is 5.91 Å². The molecule has 1 atom stereocenters. The Hall–Kier alpha value is -3.21. The summed E-state index contributed by atoms with van der Waals surface area (Å²) in [5, 5.41) is 3.04. The third-order valence-corrected chi connectivity index (χ3v) is 4.10. The Bertz CT molecular complexity index is 844. The van der Waals surface area contributed by atoms with Gasteiger partial charge in [-0.15, -0.1) is 0 Å². The third-order valence-electron chi connectivity index (χ3n) is 4.10. The molecule has 134 valence electrons. The van der Waals surface area contributed by atoms with Gasteiger partial charge in [-0.1, -0.05) is 30.3 Å². The number of nitrogens with one attached hydrogen (secondary N) is 1. The molecule has 0 fully saturated rings. The van der Waals surface area contributed by atoms with Crippen molar-refractivity contribution in [3.05, 3.63) is 83.8 Å². The highest BCUT2D eigenvalue weighted by Gasteiger charge is 2.20. The number of carbonyl (C=O) groups excluding carboxylic acids is 1. The average Bonchev–Trinajstić information content (AvgIpc) is 3.21. The molecule has 1 aromatic heterocycles. The number of amides is 1. The quantitative estimate of drug-likeness (QED) is 0.704. The van der Waals surface area contributed by atoms with Crippen LogP contribution in [0.1, 0.15) is 22.9 Å². The minimum Gasteiger partial charge on any atom is -0.497 e. The van der Waals surface area contributed by atoms with E-state index in [1.54, 1.807) is 32.6 Å². The lowest BCUT2D eigenvalue weighted by atomic mass is 10.0. The lowest BCUT2D eigenvalue weighted by Gasteiger charge is -2.18. The zero-order valence-electron chi connectivity index (χ0n) is 14.8. The molecular weight excluding hydrogens is 330 g/mol. The fourth-order valence-corrected chi connectivity index (χ4v) is 2.82. The van der Waals surface area contributed by atoms with Crippen LogP contribution in [0.3, 0.4) is 0 Å². The maximum atomic E-state index is 12.7. The standard InChI is InChI=1S/C21H21NO4/c1-24-17-10-11-18(25-2)16(13-17)14-20(23)22-21(19-9-6-12-26-19)15-7-4-3-5-8-15/h3-13,21H,14H2,1-2H3,(H,22,23). The first-order valence-electron chi connectivity index (χ1n) is 8.30. The average molecular weight is 351 g/mol. The van der Waals surface area contributed by atoms with Crippen molar-refractivity contribution in [1.82, 2.24) is 5.32 Å². The molecule has 0 aliphatic rings. The van der Waals surface area contributed by atoms with Crippen LogP contribution in [0.15, 0.2) is 71.3 Å². The first kappa shape index (κ1) is 17.6. The highest BCUT2D eigenvalue weighted by atomic mass is 16.5. The molecule has 1 N–H and O–H groups in total. The number of carbonyl (C=O) groups is 1. The van der Waals surface area contributed by atoms with Gasteiger partial charge in [0.05, 0.1) is 26.9 Å². The molecule has 0 aliphatic heterocycles. The summed E-state index contributed by atoms with van der Waals surface area (Å²) in [6.07, 6.45) is 1.77. The number of methoxy groups -OCH3 is 2. The lowest BCUT2D eigenvalue weighted by molar-refractivity contribution is -0.121. The Morgan fingerprint density at radius 2 is 1.85 bits per heavy atom. The van der Waals surface area contributed by atoms with E-state index in [9.17, 15) is 4.79 Å². The van der Waals surface area contributed by atoms with Crippen molar-refractivity contribution < 1.29 is 18.7 Å². The van der Waals surface area contributed by atoms with E-state index in [1.165, 1.54) is 0 Å². The monoisotopic (exact) mass is 351 g/mol. The Labute approximate surface area is 152 Å². The molecule has 26 heavy (non-hydrogen) atoms. The van der Waals surface area contributed by atoms with Gasteiger partial charge in [-0.05, 0) is 35.9 Å². The molecule has 0 bridgehead atoms. The number of ether oxygens (including phenoxy) is 2. The number of hydrogen-bond acceptors (Lipinski definition) is 4. The smallest absolute Gasteiger partial charge is 0.225 e. The van der Waals surface area contributed by atoms with Crippen LogP contribution in [-0.4, -0.2) is 20.1 Å². The Kier molecular flexibility index (Phi) is 5.59. The first-order chi connectivity index (χ1) is 12.7. The SMILES string of the molecule is COc1ccc(OC)c(CC(=O)NC(c2ccccc2)c2ccco2)c1. The number of benzene rings is 2. The lowest BCUT2D eigenvalue weighted by Crippen LogP contribution is -2.30. The number of furan rings is 1. The summed E-state index contributed by atoms with van der Waals surface area (Å²) in [7, 11) is 3.17. The van der Waals surface area contributed by atoms with Gasteiger partial charge in [0.2, 0.25) is 5.91 Å². The Balaban J connectivity index is 1.81. The van der Waals surface area contributed by atoms with E-state index in [0.29, 0.717) is 17.3 Å². The molecule has 0 saturated heterocycles. The molecule has 3 aromatic rings. The van der Waals surface area contributed by atoms with Crippen LogP contribution < -0.4 is 14.8 Å². The summed E-state index contributed by atoms with van der Waals surface area (Å²) in [4.78, 5) is 12.7. The molecule has 2 aromatic carbocycles. The highest BCUT2D eigenvalue weighted by Crippen LogP contribution is 2.26. The second-order valence-corrected chi connectivity index (χ2v) is 5.78. The zero-order valence-corrected chi connectivity index (χ0v) is 14.8. The molecule has 0 radical (unpaired) electrons. The summed E-state index contributed by atoms with van der Waals surface area (Å²) >= 11 is 0. The molecule has 0 saturated carbocycles. The van der Waals surface area contributed by atoms with E-state index in [0.717, 1.165) is 11.1 Å². The molecule has 5 heteroatoms. The van der Waals surface area contributed by atoms with Crippen molar-refractivity contribution in [3.63, 3.8) is 0 Å². The van der Waals surface area contributed by atoms with Crippen molar-refractivity contribution in [2.24, 2.45) is 0 Å². The van der Waals surface area contributed by atoms with E-state index in [1.807, 2.05) is 48.5 Å². The van der Waals surface area contributed by atoms with E-state index >= 15 is 0 Å². The van der Waals surface area contributed by atoms with Crippen LogP contribution in [0, 0.1) is 0 Å². The topological polar surface area (TPSA) is 60.7 Å². The number of hydrogen-bond donors (Lipinski definition) is 1. The molecule has 0 spiro atoms. The summed E-state index contributed by atoms with van der Waals surface area (Å²) in [6, 6.07) is 18.4. The molecule has 5 nitrogen and oxygen atoms in total. The summed E-state index contributed by atoms with van der Waals surface area (Å²) in [5.74, 6) is 1.87. The molecule has 3 rings (SSSR count). The molecule has 1 unspecified atom stereocenters. The first-order valence-corrected chi connectivity index (χ1v) is 8.30. The summed E-state index contributed by atoms with van der Waals surface area (Å²) in [5.41, 5.74) is 1.71. The van der Waals surface area contributed by atoms with Gasteiger partial charge in [0.25, 0.3) is 0 Å². The Morgan fingerprint density at radius 3 is 2.50 bits per heavy atom. The molecule has 0 aliphatic carbocycles. The maximum Gasteiger partial charge on any atom is 0.225 e. The van der Waals surface area contributed by atoms with Crippen molar-refractivity contribution in [3.8, 4) is 11.5 Å². The minimum absolute atomic E-state index is 0.137. The largest absolute Gasteiger partial charge is 0.497 e. The fourth-order valence-electron chi connectivity index (χ4n) is 2.82. The van der Waals surface area contributed by atoms with Gasteiger partial charge in [-0.3, -0.25) is 4.79 Å². The normalized spacial score (nSPS) is 11.6. The summed E-state index contributed by atoms with van der Waals surface area (Å²) < 4.78 is 16.1. The van der Waals surface area contributed by atoms with Crippen LogP contribution in [0.5, 0.6) is 11.5 Å². The fraction of sp³-hybridized carbons (Fsp3) is 0.190. The van der Waals surface area contributed by atoms with E-state index in [2.05, 4.69) is 5.32 Å². The van der Waals surface area contributed by atoms with Gasteiger partial charge in [-0.25, -0.2) is 0 Å². The van der Waals surface area contributed by atoms with Gasteiger partial charge >= 0.3 is 0 Å². The van der Waals surface area contributed by atoms with Crippen molar-refractivity contribution in [2.45, 2.75) is 12.5 Å². The van der Waals surface area contributed by atoms with Crippen LogP contribution in [0.25, 0.3) is 0 Å². The van der Waals surface area contributed by atoms with Crippen LogP contribution in [0.2, 0.25) is 0 Å². The second-order valence-electron chi connectivity index (χ2n) is 5.78. The van der Waals surface area contributed by atoms with E-state index in [-0.39, 0.29) is 18.4 Å². The molecular formula is C21H21NO4. The molecule has 1 amide bonds. The van der Waals surface area contributed by atoms with Gasteiger partial charge in [-0.2, -0.15) is 0 Å². The predicted octanol–water partition coefficient (Wildman–Crippen LogP) is 3.75. The third kappa shape index (κ3) is 4.06. The second kappa shape index (κ2) is 8.25. The zero-order chi connectivity index (χ0) is 18.4. The predicted molar refractivity (Wildman–Crippen MR) is 98.4 cm³/mol. The van der Waals surface area contributed by atoms with Gasteiger partial charge in [0, 0.05) is 5.56 Å². The van der Waals surface area contributed by atoms with Crippen LogP contribution in [-0.2, 0) is 11.2 Å². The highest BCUT2D eigenvalue weighted by molar-refractivity contribution is 5.80. The van der Waals surface area contributed by atoms with Crippen LogP contribution >= 0.6 is 0 Å². The summed E-state index contributed by atoms with van der Waals surface area (Å²) in [6.45, 7) is 0. The minimum atomic E-state index is -0.352. The van der Waals surface area contributed by atoms with Gasteiger partial charge < -0.3 is 19.2 Å². The Morgan fingerprint density at radius 1 is 1.04 bits per heavy atom. The van der Waals surface area contributed by atoms with E-state index in [4.69, 9.17) is 13.9 Å². The van der Waals surface area contributed by atoms with Gasteiger partial charge in [0.1, 0.15) is 23.3 Å². The maximum absolute atomic E-state index is 12.7. The molecule has 1 heterocycles.